The van der Waals surface area contributed by atoms with Crippen molar-refractivity contribution in [2.24, 2.45) is 0 Å². The molecule has 0 saturated carbocycles. The third kappa shape index (κ3) is 38.7. The lowest BCUT2D eigenvalue weighted by atomic mass is 10.0. The Morgan fingerprint density at radius 2 is 1.04 bits per heavy atom. The van der Waals surface area contributed by atoms with Crippen molar-refractivity contribution in [2.75, 3.05) is 33.0 Å². The van der Waals surface area contributed by atoms with Crippen LogP contribution in [-0.4, -0.2) is 66.3 Å². The molecular formula is C42H81O9P. The molecule has 3 atom stereocenters. The summed E-state index contributed by atoms with van der Waals surface area (Å²) >= 11 is 0. The fraction of sp³-hybridized carbons (Fsp3) is 0.881. The molecule has 10 heteroatoms. The molecule has 3 N–H and O–H groups in total. The lowest BCUT2D eigenvalue weighted by Gasteiger charge is -2.20. The summed E-state index contributed by atoms with van der Waals surface area (Å²) in [4.78, 5) is 22.5. The van der Waals surface area contributed by atoms with Gasteiger partial charge in [-0.25, -0.2) is 4.57 Å². The lowest BCUT2D eigenvalue weighted by Crippen LogP contribution is -2.29. The van der Waals surface area contributed by atoms with Crippen molar-refractivity contribution in [1.29, 1.82) is 0 Å². The highest BCUT2D eigenvalue weighted by molar-refractivity contribution is 7.47. The van der Waals surface area contributed by atoms with Crippen LogP contribution in [0.1, 0.15) is 194 Å². The highest BCUT2D eigenvalue weighted by Gasteiger charge is 2.26. The van der Waals surface area contributed by atoms with Crippen molar-refractivity contribution in [1.82, 2.24) is 0 Å². The third-order valence-electron chi connectivity index (χ3n) is 9.14. The minimum atomic E-state index is -4.51. The van der Waals surface area contributed by atoms with Crippen LogP contribution in [0.2, 0.25) is 0 Å². The first-order valence-electron chi connectivity index (χ1n) is 21.3. The van der Waals surface area contributed by atoms with Gasteiger partial charge in [0.05, 0.1) is 26.4 Å². The normalized spacial score (nSPS) is 14.3. The second-order valence-corrected chi connectivity index (χ2v) is 15.8. The SMILES string of the molecule is CCCCC/C=C\C/C=C\CCCCCCCCCCOCC(COP(=O)(O)OCC(O)CO)OC(=O)CCCCCCCCCCCCCCC. The third-order valence-corrected chi connectivity index (χ3v) is 10.1. The van der Waals surface area contributed by atoms with Crippen LogP contribution in [0, 0.1) is 0 Å². The van der Waals surface area contributed by atoms with Crippen molar-refractivity contribution in [3.63, 3.8) is 0 Å². The summed E-state index contributed by atoms with van der Waals surface area (Å²) in [5, 5.41) is 18.3. The van der Waals surface area contributed by atoms with Crippen molar-refractivity contribution >= 4 is 13.8 Å². The molecule has 0 spiro atoms. The number of hydrogen-bond acceptors (Lipinski definition) is 8. The average Bonchev–Trinajstić information content (AvgIpc) is 3.13. The van der Waals surface area contributed by atoms with Gasteiger partial charge in [-0.1, -0.05) is 167 Å². The number of ether oxygens (including phenoxy) is 2. The van der Waals surface area contributed by atoms with E-state index in [9.17, 15) is 19.4 Å². The highest BCUT2D eigenvalue weighted by Crippen LogP contribution is 2.43. The first kappa shape index (κ1) is 50.9. The zero-order chi connectivity index (χ0) is 38.2. The first-order valence-corrected chi connectivity index (χ1v) is 22.8. The number of carbonyl (C=O) groups is 1. The van der Waals surface area contributed by atoms with Gasteiger partial charge in [-0.05, 0) is 44.9 Å². The van der Waals surface area contributed by atoms with Gasteiger partial charge >= 0.3 is 13.8 Å². The minimum Gasteiger partial charge on any atom is -0.457 e. The molecule has 0 radical (unpaired) electrons. The van der Waals surface area contributed by atoms with Gasteiger partial charge < -0.3 is 24.6 Å². The summed E-state index contributed by atoms with van der Waals surface area (Å²) in [6.45, 7) is 3.50. The Morgan fingerprint density at radius 1 is 0.596 bits per heavy atom. The molecule has 0 amide bonds. The molecule has 0 bridgehead atoms. The van der Waals surface area contributed by atoms with Crippen LogP contribution in [0.25, 0.3) is 0 Å². The molecule has 0 heterocycles. The molecule has 0 aromatic heterocycles. The summed E-state index contributed by atoms with van der Waals surface area (Å²) in [5.41, 5.74) is 0. The quantitative estimate of drug-likeness (QED) is 0.0241. The van der Waals surface area contributed by atoms with Crippen LogP contribution < -0.4 is 0 Å². The molecule has 0 fully saturated rings. The largest absolute Gasteiger partial charge is 0.472 e. The molecule has 0 saturated heterocycles. The van der Waals surface area contributed by atoms with Crippen LogP contribution in [0.3, 0.4) is 0 Å². The molecule has 3 unspecified atom stereocenters. The van der Waals surface area contributed by atoms with Gasteiger partial charge in [0, 0.05) is 13.0 Å². The summed E-state index contributed by atoms with van der Waals surface area (Å²) in [6, 6.07) is 0. The van der Waals surface area contributed by atoms with Gasteiger partial charge in [0.15, 0.2) is 0 Å². The smallest absolute Gasteiger partial charge is 0.457 e. The van der Waals surface area contributed by atoms with Crippen LogP contribution in [-0.2, 0) is 27.9 Å². The highest BCUT2D eigenvalue weighted by atomic mass is 31.2. The number of esters is 1. The molecule has 52 heavy (non-hydrogen) atoms. The molecule has 0 aromatic carbocycles. The van der Waals surface area contributed by atoms with Crippen LogP contribution in [0.5, 0.6) is 0 Å². The Bertz CT molecular complexity index is 866. The molecule has 0 aliphatic carbocycles. The van der Waals surface area contributed by atoms with Gasteiger partial charge in [-0.3, -0.25) is 13.8 Å². The summed E-state index contributed by atoms with van der Waals surface area (Å²) in [5.74, 6) is -0.383. The molecule has 0 aromatic rings. The maximum Gasteiger partial charge on any atom is 0.472 e. The number of aliphatic hydroxyl groups is 2. The summed E-state index contributed by atoms with van der Waals surface area (Å²) < 4.78 is 33.3. The predicted molar refractivity (Wildman–Crippen MR) is 214 cm³/mol. The van der Waals surface area contributed by atoms with E-state index in [-0.39, 0.29) is 25.6 Å². The summed E-state index contributed by atoms with van der Waals surface area (Å²) in [7, 11) is -4.51. The Labute approximate surface area is 319 Å². The van der Waals surface area contributed by atoms with Crippen LogP contribution in [0.15, 0.2) is 24.3 Å². The number of unbranched alkanes of at least 4 members (excludes halogenated alkanes) is 23. The van der Waals surface area contributed by atoms with E-state index in [0.717, 1.165) is 51.4 Å². The Morgan fingerprint density at radius 3 is 1.58 bits per heavy atom. The van der Waals surface area contributed by atoms with Gasteiger partial charge in [-0.2, -0.15) is 0 Å². The number of phosphoric acid groups is 1. The number of rotatable bonds is 41. The van der Waals surface area contributed by atoms with E-state index < -0.39 is 33.2 Å². The van der Waals surface area contributed by atoms with Crippen LogP contribution in [0.4, 0.5) is 0 Å². The van der Waals surface area contributed by atoms with Crippen molar-refractivity contribution in [3.05, 3.63) is 24.3 Å². The molecule has 0 aliphatic rings. The van der Waals surface area contributed by atoms with E-state index >= 15 is 0 Å². The number of phosphoric ester groups is 1. The van der Waals surface area contributed by atoms with Crippen molar-refractivity contribution < 1.29 is 43.0 Å². The van der Waals surface area contributed by atoms with Crippen LogP contribution >= 0.6 is 7.82 Å². The number of aliphatic hydroxyl groups excluding tert-OH is 2. The molecule has 0 aliphatic heterocycles. The predicted octanol–water partition coefficient (Wildman–Crippen LogP) is 11.5. The Balaban J connectivity index is 4.15. The van der Waals surface area contributed by atoms with E-state index in [1.54, 1.807) is 0 Å². The van der Waals surface area contributed by atoms with Crippen molar-refractivity contribution in [3.8, 4) is 0 Å². The molecule has 0 rings (SSSR count). The maximum atomic E-state index is 12.6. The van der Waals surface area contributed by atoms with Gasteiger partial charge in [-0.15, -0.1) is 0 Å². The number of carbonyl (C=O) groups excluding carboxylic acids is 1. The molecule has 9 nitrogen and oxygen atoms in total. The van der Waals surface area contributed by atoms with E-state index in [4.69, 9.17) is 23.6 Å². The van der Waals surface area contributed by atoms with E-state index in [2.05, 4.69) is 38.2 Å². The summed E-state index contributed by atoms with van der Waals surface area (Å²) in [6.07, 6.45) is 39.9. The fourth-order valence-electron chi connectivity index (χ4n) is 5.86. The lowest BCUT2D eigenvalue weighted by molar-refractivity contribution is -0.154. The van der Waals surface area contributed by atoms with Gasteiger partial charge in [0.1, 0.15) is 12.2 Å². The van der Waals surface area contributed by atoms with E-state index in [1.807, 2.05) is 0 Å². The number of allylic oxidation sites excluding steroid dienone is 4. The zero-order valence-corrected chi connectivity index (χ0v) is 34.4. The maximum absolute atomic E-state index is 12.6. The molecular weight excluding hydrogens is 679 g/mol. The fourth-order valence-corrected chi connectivity index (χ4v) is 6.65. The standard InChI is InChI=1S/C42H81O9P/c1-3-5-7-9-11-13-15-17-18-19-20-21-23-25-27-29-31-33-35-48-38-41(39-50-52(46,47)49-37-40(44)36-43)51-42(45)34-32-30-28-26-24-22-16-14-12-10-8-6-4-2/h11,13,17-18,40-41,43-44H,3-10,12,14-16,19-39H2,1-2H3,(H,46,47)/b13-11-,18-17-. The van der Waals surface area contributed by atoms with Gasteiger partial charge in [0.25, 0.3) is 0 Å². The van der Waals surface area contributed by atoms with Gasteiger partial charge in [0.2, 0.25) is 0 Å². The van der Waals surface area contributed by atoms with E-state index in [0.29, 0.717) is 6.61 Å². The monoisotopic (exact) mass is 761 g/mol. The topological polar surface area (TPSA) is 132 Å². The zero-order valence-electron chi connectivity index (χ0n) is 33.5. The second-order valence-electron chi connectivity index (χ2n) is 14.4. The molecule has 308 valence electrons. The van der Waals surface area contributed by atoms with E-state index in [1.165, 1.54) is 122 Å². The minimum absolute atomic E-state index is 0.0489. The Kier molecular flexibility index (Phi) is 38.8. The Hall–Kier alpha value is -1.06. The first-order chi connectivity index (χ1) is 25.3. The number of hydrogen-bond donors (Lipinski definition) is 3. The average molecular weight is 761 g/mol. The van der Waals surface area contributed by atoms with Crippen molar-refractivity contribution in [2.45, 2.75) is 206 Å². The second kappa shape index (κ2) is 39.6.